The number of aromatic nitrogens is 3. The maximum Gasteiger partial charge on any atom is 0.249 e. The van der Waals surface area contributed by atoms with Crippen molar-refractivity contribution in [3.8, 4) is 0 Å². The van der Waals surface area contributed by atoms with Crippen LogP contribution in [0.1, 0.15) is 23.0 Å². The van der Waals surface area contributed by atoms with Crippen LogP contribution in [0.3, 0.4) is 0 Å². The van der Waals surface area contributed by atoms with Crippen LogP contribution in [-0.4, -0.2) is 21.0 Å². The lowest BCUT2D eigenvalue weighted by atomic mass is 10.1. The minimum absolute atomic E-state index is 0.00144. The first-order valence-corrected chi connectivity index (χ1v) is 7.05. The van der Waals surface area contributed by atoms with Gasteiger partial charge in [0.2, 0.25) is 5.95 Å². The molecule has 7 heteroatoms. The Balaban J connectivity index is 1.69. The number of carbonyl (C=O) groups excluding carboxylic acids is 1. The Morgan fingerprint density at radius 1 is 1.26 bits per heavy atom. The van der Waals surface area contributed by atoms with Crippen LogP contribution >= 0.6 is 0 Å². The second-order valence-corrected chi connectivity index (χ2v) is 4.86. The highest BCUT2D eigenvalue weighted by molar-refractivity contribution is 5.95. The topological polar surface area (TPSA) is 92.9 Å². The van der Waals surface area contributed by atoms with Gasteiger partial charge in [0.1, 0.15) is 5.76 Å². The number of anilines is 3. The van der Waals surface area contributed by atoms with Crippen LogP contribution < -0.4 is 10.6 Å². The molecule has 2 N–H and O–H groups in total. The summed E-state index contributed by atoms with van der Waals surface area (Å²) in [4.78, 5) is 15.7. The van der Waals surface area contributed by atoms with Crippen molar-refractivity contribution in [3.63, 3.8) is 0 Å². The standard InChI is InChI=1S/C16H15N5O2/c1-11(22)12-4-2-5-13(8-12)19-16-20-15(10-18-21-16)17-9-14-6-3-7-23-14/h2-8,10H,9H2,1H3,(H2,17,19,20,21). The van der Waals surface area contributed by atoms with Crippen LogP contribution in [0.15, 0.2) is 53.3 Å². The summed E-state index contributed by atoms with van der Waals surface area (Å²) >= 11 is 0. The molecule has 3 rings (SSSR count). The van der Waals surface area contributed by atoms with E-state index in [-0.39, 0.29) is 5.78 Å². The molecule has 0 saturated heterocycles. The van der Waals surface area contributed by atoms with Gasteiger partial charge >= 0.3 is 0 Å². The van der Waals surface area contributed by atoms with Crippen LogP contribution in [-0.2, 0) is 6.54 Å². The van der Waals surface area contributed by atoms with Gasteiger partial charge in [-0.25, -0.2) is 0 Å². The molecule has 0 aliphatic rings. The fourth-order valence-electron chi connectivity index (χ4n) is 1.98. The van der Waals surface area contributed by atoms with Crippen molar-refractivity contribution in [2.75, 3.05) is 10.6 Å². The first-order chi connectivity index (χ1) is 11.2. The lowest BCUT2D eigenvalue weighted by molar-refractivity contribution is 0.101. The number of carbonyl (C=O) groups is 1. The molecule has 7 nitrogen and oxygen atoms in total. The fourth-order valence-corrected chi connectivity index (χ4v) is 1.98. The van der Waals surface area contributed by atoms with E-state index in [1.165, 1.54) is 13.1 Å². The van der Waals surface area contributed by atoms with E-state index in [1.54, 1.807) is 24.5 Å². The SMILES string of the molecule is CC(=O)c1cccc(Nc2nncc(NCc3ccco3)n2)c1. The summed E-state index contributed by atoms with van der Waals surface area (Å²) in [5.41, 5.74) is 1.35. The third-order valence-corrected chi connectivity index (χ3v) is 3.11. The van der Waals surface area contributed by atoms with Gasteiger partial charge in [0.15, 0.2) is 11.6 Å². The molecule has 0 unspecified atom stereocenters. The van der Waals surface area contributed by atoms with Gasteiger partial charge in [-0.1, -0.05) is 12.1 Å². The fraction of sp³-hybridized carbons (Fsp3) is 0.125. The maximum absolute atomic E-state index is 11.4. The number of hydrogen-bond donors (Lipinski definition) is 2. The molecule has 0 radical (unpaired) electrons. The Morgan fingerprint density at radius 2 is 2.17 bits per heavy atom. The largest absolute Gasteiger partial charge is 0.467 e. The first-order valence-electron chi connectivity index (χ1n) is 7.05. The van der Waals surface area contributed by atoms with Gasteiger partial charge in [0.05, 0.1) is 19.0 Å². The summed E-state index contributed by atoms with van der Waals surface area (Å²) in [6.07, 6.45) is 3.14. The Hall–Kier alpha value is -3.22. The predicted molar refractivity (Wildman–Crippen MR) is 85.6 cm³/mol. The number of nitrogens with zero attached hydrogens (tertiary/aromatic N) is 3. The van der Waals surface area contributed by atoms with Crippen molar-refractivity contribution in [2.45, 2.75) is 13.5 Å². The Morgan fingerprint density at radius 3 is 2.96 bits per heavy atom. The molecular weight excluding hydrogens is 294 g/mol. The zero-order chi connectivity index (χ0) is 16.1. The Labute approximate surface area is 132 Å². The van der Waals surface area contributed by atoms with Crippen LogP contribution in [0, 0.1) is 0 Å². The van der Waals surface area contributed by atoms with Gasteiger partial charge < -0.3 is 15.1 Å². The van der Waals surface area contributed by atoms with E-state index in [0.29, 0.717) is 23.9 Å². The van der Waals surface area contributed by atoms with Crippen molar-refractivity contribution >= 4 is 23.2 Å². The van der Waals surface area contributed by atoms with E-state index in [0.717, 1.165) is 11.4 Å². The van der Waals surface area contributed by atoms with Crippen molar-refractivity contribution in [2.24, 2.45) is 0 Å². The van der Waals surface area contributed by atoms with Crippen molar-refractivity contribution in [1.82, 2.24) is 15.2 Å². The molecule has 0 saturated carbocycles. The van der Waals surface area contributed by atoms with Gasteiger partial charge in [-0.15, -0.1) is 5.10 Å². The van der Waals surface area contributed by atoms with Gasteiger partial charge in [-0.2, -0.15) is 10.1 Å². The smallest absolute Gasteiger partial charge is 0.249 e. The molecule has 0 spiro atoms. The number of rotatable bonds is 6. The first kappa shape index (κ1) is 14.7. The van der Waals surface area contributed by atoms with E-state index in [2.05, 4.69) is 25.8 Å². The summed E-state index contributed by atoms with van der Waals surface area (Å²) in [5, 5.41) is 14.0. The molecule has 0 bridgehead atoms. The van der Waals surface area contributed by atoms with Crippen molar-refractivity contribution in [1.29, 1.82) is 0 Å². The lowest BCUT2D eigenvalue weighted by Crippen LogP contribution is -2.05. The third kappa shape index (κ3) is 3.91. The zero-order valence-electron chi connectivity index (χ0n) is 12.5. The summed E-state index contributed by atoms with van der Waals surface area (Å²) in [6, 6.07) is 10.8. The molecule has 0 amide bonds. The lowest BCUT2D eigenvalue weighted by Gasteiger charge is -2.07. The van der Waals surface area contributed by atoms with Crippen LogP contribution in [0.5, 0.6) is 0 Å². The molecule has 2 aromatic heterocycles. The van der Waals surface area contributed by atoms with Crippen LogP contribution in [0.2, 0.25) is 0 Å². The second-order valence-electron chi connectivity index (χ2n) is 4.86. The highest BCUT2D eigenvalue weighted by Crippen LogP contribution is 2.16. The quantitative estimate of drug-likeness (QED) is 0.676. The number of furan rings is 1. The number of ketones is 1. The molecule has 2 heterocycles. The number of hydrogen-bond acceptors (Lipinski definition) is 7. The third-order valence-electron chi connectivity index (χ3n) is 3.11. The molecule has 0 atom stereocenters. The average molecular weight is 309 g/mol. The predicted octanol–water partition coefficient (Wildman–Crippen LogP) is 3.02. The number of Topliss-reactive ketones (excluding diaryl/α,β-unsaturated/α-hetero) is 1. The molecule has 3 aromatic rings. The Bertz CT molecular complexity index is 802. The monoisotopic (exact) mass is 309 g/mol. The summed E-state index contributed by atoms with van der Waals surface area (Å²) in [6.45, 7) is 2.03. The van der Waals surface area contributed by atoms with Crippen molar-refractivity contribution < 1.29 is 9.21 Å². The highest BCUT2D eigenvalue weighted by atomic mass is 16.3. The van der Waals surface area contributed by atoms with Gasteiger partial charge in [-0.05, 0) is 31.2 Å². The molecule has 1 aromatic carbocycles. The molecule has 0 aliphatic heterocycles. The van der Waals surface area contributed by atoms with Gasteiger partial charge in [-0.3, -0.25) is 4.79 Å². The van der Waals surface area contributed by atoms with Gasteiger partial charge in [0.25, 0.3) is 0 Å². The van der Waals surface area contributed by atoms with E-state index < -0.39 is 0 Å². The molecule has 0 fully saturated rings. The minimum Gasteiger partial charge on any atom is -0.467 e. The second kappa shape index (κ2) is 6.69. The van der Waals surface area contributed by atoms with E-state index in [4.69, 9.17) is 4.42 Å². The summed E-state index contributed by atoms with van der Waals surface area (Å²) < 4.78 is 5.24. The molecule has 0 aliphatic carbocycles. The summed E-state index contributed by atoms with van der Waals surface area (Å²) in [5.74, 6) is 1.71. The van der Waals surface area contributed by atoms with E-state index in [1.807, 2.05) is 18.2 Å². The molecule has 23 heavy (non-hydrogen) atoms. The van der Waals surface area contributed by atoms with Gasteiger partial charge in [0, 0.05) is 11.3 Å². The van der Waals surface area contributed by atoms with Crippen molar-refractivity contribution in [3.05, 3.63) is 60.2 Å². The van der Waals surface area contributed by atoms with Crippen LogP contribution in [0.25, 0.3) is 0 Å². The van der Waals surface area contributed by atoms with Crippen LogP contribution in [0.4, 0.5) is 17.5 Å². The average Bonchev–Trinajstić information content (AvgIpc) is 3.07. The number of nitrogens with one attached hydrogen (secondary N) is 2. The summed E-state index contributed by atoms with van der Waals surface area (Å²) in [7, 11) is 0. The highest BCUT2D eigenvalue weighted by Gasteiger charge is 2.04. The minimum atomic E-state index is 0.00144. The van der Waals surface area contributed by atoms with E-state index >= 15 is 0 Å². The molecule has 116 valence electrons. The molecular formula is C16H15N5O2. The van der Waals surface area contributed by atoms with E-state index in [9.17, 15) is 4.79 Å². The number of benzene rings is 1. The maximum atomic E-state index is 11.4. The Kier molecular flexibility index (Phi) is 4.28. The normalized spacial score (nSPS) is 10.3. The zero-order valence-corrected chi connectivity index (χ0v) is 12.5.